The molecule has 112 valence electrons. The van der Waals surface area contributed by atoms with E-state index in [9.17, 15) is 22.8 Å². The molecular weight excluding hydrogens is 295 g/mol. The summed E-state index contributed by atoms with van der Waals surface area (Å²) in [5.41, 5.74) is 5.71. The summed E-state index contributed by atoms with van der Waals surface area (Å²) in [4.78, 5) is 24.8. The van der Waals surface area contributed by atoms with Gasteiger partial charge in [0.05, 0.1) is 6.54 Å². The molecule has 0 aliphatic carbocycles. The lowest BCUT2D eigenvalue weighted by atomic mass is 10.2. The number of amides is 2. The first kappa shape index (κ1) is 16.4. The van der Waals surface area contributed by atoms with Crippen LogP contribution in [0, 0.1) is 0 Å². The van der Waals surface area contributed by atoms with Gasteiger partial charge in [-0.25, -0.2) is 0 Å². The third-order valence-electron chi connectivity index (χ3n) is 2.36. The van der Waals surface area contributed by atoms with E-state index in [0.29, 0.717) is 4.88 Å². The predicted octanol–water partition coefficient (Wildman–Crippen LogP) is 0.885. The molecule has 2 amide bonds. The monoisotopic (exact) mass is 309 g/mol. The molecule has 1 aromatic rings. The summed E-state index contributed by atoms with van der Waals surface area (Å²) >= 11 is 1.29. The van der Waals surface area contributed by atoms with Crippen molar-refractivity contribution in [3.8, 4) is 0 Å². The molecular formula is C11H14F3N3O2S. The van der Waals surface area contributed by atoms with E-state index in [0.717, 1.165) is 4.90 Å². The van der Waals surface area contributed by atoms with Crippen molar-refractivity contribution in [2.24, 2.45) is 5.73 Å². The van der Waals surface area contributed by atoms with Crippen LogP contribution in [-0.4, -0.2) is 43.0 Å². The number of rotatable bonds is 5. The first-order valence-electron chi connectivity index (χ1n) is 5.58. The van der Waals surface area contributed by atoms with Gasteiger partial charge in [-0.1, -0.05) is 6.07 Å². The highest BCUT2D eigenvalue weighted by molar-refractivity contribution is 7.10. The van der Waals surface area contributed by atoms with Crippen molar-refractivity contribution in [2.45, 2.75) is 12.2 Å². The molecule has 9 heteroatoms. The maximum atomic E-state index is 11.9. The van der Waals surface area contributed by atoms with E-state index >= 15 is 0 Å². The van der Waals surface area contributed by atoms with E-state index in [4.69, 9.17) is 5.73 Å². The first-order valence-corrected chi connectivity index (χ1v) is 6.46. The van der Waals surface area contributed by atoms with Crippen LogP contribution in [0.1, 0.15) is 10.9 Å². The summed E-state index contributed by atoms with van der Waals surface area (Å²) in [5.74, 6) is -1.42. The van der Waals surface area contributed by atoms with Gasteiger partial charge in [0.2, 0.25) is 11.8 Å². The third-order valence-corrected chi connectivity index (χ3v) is 3.31. The third kappa shape index (κ3) is 5.17. The number of nitrogens with one attached hydrogen (secondary N) is 1. The van der Waals surface area contributed by atoms with Crippen molar-refractivity contribution in [2.75, 3.05) is 20.1 Å². The fraction of sp³-hybridized carbons (Fsp3) is 0.455. The maximum Gasteiger partial charge on any atom is 0.405 e. The van der Waals surface area contributed by atoms with Crippen molar-refractivity contribution in [1.82, 2.24) is 10.2 Å². The molecule has 0 bridgehead atoms. The number of hydrogen-bond donors (Lipinski definition) is 2. The van der Waals surface area contributed by atoms with Gasteiger partial charge < -0.3 is 16.0 Å². The quantitative estimate of drug-likeness (QED) is 0.848. The second kappa shape index (κ2) is 6.71. The molecule has 20 heavy (non-hydrogen) atoms. The van der Waals surface area contributed by atoms with Gasteiger partial charge in [0, 0.05) is 11.9 Å². The fourth-order valence-corrected chi connectivity index (χ4v) is 2.09. The highest BCUT2D eigenvalue weighted by atomic mass is 32.1. The summed E-state index contributed by atoms with van der Waals surface area (Å²) in [7, 11) is 1.31. The summed E-state index contributed by atoms with van der Waals surface area (Å²) in [5, 5.41) is 3.43. The molecule has 0 radical (unpaired) electrons. The van der Waals surface area contributed by atoms with Crippen LogP contribution in [0.3, 0.4) is 0 Å². The van der Waals surface area contributed by atoms with Crippen molar-refractivity contribution >= 4 is 23.2 Å². The van der Waals surface area contributed by atoms with Crippen molar-refractivity contribution in [3.63, 3.8) is 0 Å². The number of thiophene rings is 1. The number of alkyl halides is 3. The Kier molecular flexibility index (Phi) is 5.52. The van der Waals surface area contributed by atoms with Crippen LogP contribution in [0.2, 0.25) is 0 Å². The smallest absolute Gasteiger partial charge is 0.345 e. The minimum absolute atomic E-state index is 0.478. The van der Waals surface area contributed by atoms with Crippen molar-refractivity contribution in [3.05, 3.63) is 22.4 Å². The van der Waals surface area contributed by atoms with E-state index in [-0.39, 0.29) is 0 Å². The maximum absolute atomic E-state index is 11.9. The van der Waals surface area contributed by atoms with Gasteiger partial charge in [-0.15, -0.1) is 11.3 Å². The zero-order chi connectivity index (χ0) is 15.3. The molecule has 1 atom stereocenters. The summed E-state index contributed by atoms with van der Waals surface area (Å²) < 4.78 is 35.7. The average Bonchev–Trinajstić information content (AvgIpc) is 2.87. The van der Waals surface area contributed by atoms with Gasteiger partial charge in [-0.2, -0.15) is 13.2 Å². The van der Waals surface area contributed by atoms with E-state index < -0.39 is 37.1 Å². The van der Waals surface area contributed by atoms with Crippen molar-refractivity contribution < 1.29 is 22.8 Å². The Morgan fingerprint density at radius 2 is 2.15 bits per heavy atom. The molecule has 1 heterocycles. The Morgan fingerprint density at radius 1 is 1.50 bits per heavy atom. The Bertz CT molecular complexity index is 462. The molecule has 0 aliphatic heterocycles. The molecule has 1 unspecified atom stereocenters. The molecule has 1 aromatic heterocycles. The minimum Gasteiger partial charge on any atom is -0.345 e. The molecule has 0 saturated heterocycles. The normalized spacial score (nSPS) is 12.8. The number of halogens is 3. The van der Waals surface area contributed by atoms with Gasteiger partial charge in [-0.3, -0.25) is 9.59 Å². The van der Waals surface area contributed by atoms with Crippen LogP contribution in [0.15, 0.2) is 17.5 Å². The van der Waals surface area contributed by atoms with E-state index in [1.165, 1.54) is 18.4 Å². The minimum atomic E-state index is -4.48. The fourth-order valence-electron chi connectivity index (χ4n) is 1.38. The highest BCUT2D eigenvalue weighted by Gasteiger charge is 2.28. The van der Waals surface area contributed by atoms with Gasteiger partial charge in [-0.05, 0) is 11.4 Å². The summed E-state index contributed by atoms with van der Waals surface area (Å²) in [6, 6.07) is 2.48. The number of nitrogens with two attached hydrogens (primary N) is 1. The molecule has 0 aromatic carbocycles. The second-order valence-corrected chi connectivity index (χ2v) is 5.06. The topological polar surface area (TPSA) is 75.4 Å². The molecule has 1 rings (SSSR count). The van der Waals surface area contributed by atoms with Gasteiger partial charge in [0.15, 0.2) is 0 Å². The number of carbonyl (C=O) groups is 2. The van der Waals surface area contributed by atoms with Crippen LogP contribution in [0.25, 0.3) is 0 Å². The Morgan fingerprint density at radius 3 is 2.65 bits per heavy atom. The zero-order valence-electron chi connectivity index (χ0n) is 10.6. The molecule has 0 saturated carbocycles. The Balaban J connectivity index is 2.47. The molecule has 3 N–H and O–H groups in total. The van der Waals surface area contributed by atoms with E-state index in [1.807, 2.05) is 0 Å². The number of hydrogen-bond acceptors (Lipinski definition) is 4. The molecule has 0 fully saturated rings. The first-order chi connectivity index (χ1) is 9.20. The molecule has 0 spiro atoms. The lowest BCUT2D eigenvalue weighted by Gasteiger charge is -2.20. The van der Waals surface area contributed by atoms with Crippen LogP contribution in [0.4, 0.5) is 13.2 Å². The summed E-state index contributed by atoms with van der Waals surface area (Å²) in [6.07, 6.45) is -4.48. The number of nitrogens with zero attached hydrogens (tertiary/aromatic N) is 1. The number of carbonyl (C=O) groups excluding carboxylic acids is 2. The number of likely N-dealkylation sites (N-methyl/N-ethyl adjacent to an activating group) is 1. The van der Waals surface area contributed by atoms with E-state index in [2.05, 4.69) is 0 Å². The standard InChI is InChI=1S/C11H14F3N3O2S/c1-17(5-8(18)16-6-11(12,13)14)10(19)9(15)7-3-2-4-20-7/h2-4,9H,5-6,15H2,1H3,(H,16,18). The highest BCUT2D eigenvalue weighted by Crippen LogP contribution is 2.18. The molecule has 0 aliphatic rings. The Labute approximate surface area is 117 Å². The van der Waals surface area contributed by atoms with Crippen molar-refractivity contribution in [1.29, 1.82) is 0 Å². The summed E-state index contributed by atoms with van der Waals surface area (Å²) in [6.45, 7) is -1.90. The van der Waals surface area contributed by atoms with Gasteiger partial charge in [0.25, 0.3) is 0 Å². The van der Waals surface area contributed by atoms with Crippen LogP contribution in [0.5, 0.6) is 0 Å². The SMILES string of the molecule is CN(CC(=O)NCC(F)(F)F)C(=O)C(N)c1cccs1. The largest absolute Gasteiger partial charge is 0.405 e. The average molecular weight is 309 g/mol. The van der Waals surface area contributed by atoms with Crippen LogP contribution >= 0.6 is 11.3 Å². The van der Waals surface area contributed by atoms with Gasteiger partial charge in [0.1, 0.15) is 12.6 Å². The predicted molar refractivity (Wildman–Crippen MR) is 67.9 cm³/mol. The second-order valence-electron chi connectivity index (χ2n) is 4.08. The molecule has 5 nitrogen and oxygen atoms in total. The lowest BCUT2D eigenvalue weighted by molar-refractivity contribution is -0.142. The Hall–Kier alpha value is -1.61. The van der Waals surface area contributed by atoms with Gasteiger partial charge >= 0.3 is 6.18 Å². The van der Waals surface area contributed by atoms with Crippen LogP contribution < -0.4 is 11.1 Å². The zero-order valence-corrected chi connectivity index (χ0v) is 11.4. The lowest BCUT2D eigenvalue weighted by Crippen LogP contribution is -2.44. The van der Waals surface area contributed by atoms with E-state index in [1.54, 1.807) is 22.8 Å². The van der Waals surface area contributed by atoms with Crippen LogP contribution in [-0.2, 0) is 9.59 Å².